The van der Waals surface area contributed by atoms with Crippen LogP contribution in [0.3, 0.4) is 0 Å². The Hall–Kier alpha value is -12.1. The Labute approximate surface area is 552 Å². The van der Waals surface area contributed by atoms with Crippen LogP contribution in [0.2, 0.25) is 0 Å². The standard InChI is InChI=1S/C87H60N6Si2/c1-8-30-61(31-9-1)62-32-28-46-70(58-62)95(68-42-18-6-19-43-68,69-44-20-7-21-45-69)71-47-29-33-63(59-71)85-88-86(90-87(89-85)93-79-52-26-23-49-74(79)76-56-57-81-83(84(76)93)77-50-24-27-53-80(77)91(81)64-34-10-2-11-35-64)92-78-51-25-22-48-73(78)75-55-54-72(60-82(75)92)94(65-36-12-3-13-37-65,66-38-14-4-15-39-66)67-40-16-5-17-41-67/h1-60H. The number of aromatic nitrogens is 6. The lowest BCUT2D eigenvalue weighted by Gasteiger charge is -2.35. The van der Waals surface area contributed by atoms with E-state index >= 15 is 0 Å². The molecule has 14 aromatic carbocycles. The predicted octanol–water partition coefficient (Wildman–Crippen LogP) is 15.3. The van der Waals surface area contributed by atoms with Gasteiger partial charge < -0.3 is 4.57 Å². The second-order valence-electron chi connectivity index (χ2n) is 24.6. The van der Waals surface area contributed by atoms with Gasteiger partial charge in [0.05, 0.1) is 33.1 Å². The first-order valence-electron chi connectivity index (χ1n) is 32.5. The lowest BCUT2D eigenvalue weighted by atomic mass is 10.1. The van der Waals surface area contributed by atoms with Crippen molar-refractivity contribution in [1.82, 2.24) is 28.7 Å². The molecule has 0 fully saturated rings. The maximum atomic E-state index is 5.93. The molecule has 446 valence electrons. The molecular formula is C87H60N6Si2. The number of para-hydroxylation sites is 4. The van der Waals surface area contributed by atoms with Gasteiger partial charge in [0, 0.05) is 43.6 Å². The summed E-state index contributed by atoms with van der Waals surface area (Å²) in [4.78, 5) is 17.7. The van der Waals surface area contributed by atoms with Crippen molar-refractivity contribution in [3.8, 4) is 40.1 Å². The fourth-order valence-corrected chi connectivity index (χ4v) is 25.2. The van der Waals surface area contributed by atoms with Gasteiger partial charge in [0.15, 0.2) is 22.0 Å². The van der Waals surface area contributed by atoms with Gasteiger partial charge in [0.25, 0.3) is 0 Å². The van der Waals surface area contributed by atoms with Crippen LogP contribution in [0.25, 0.3) is 106 Å². The highest BCUT2D eigenvalue weighted by atomic mass is 28.3. The van der Waals surface area contributed by atoms with E-state index in [0.29, 0.717) is 17.7 Å². The minimum atomic E-state index is -3.18. The number of benzene rings is 14. The average molecular weight is 1250 g/mol. The molecule has 0 amide bonds. The summed E-state index contributed by atoms with van der Waals surface area (Å²) in [5.41, 5.74) is 10.6. The first kappa shape index (κ1) is 55.7. The molecule has 0 saturated carbocycles. The molecule has 18 aromatic rings. The molecule has 0 aliphatic carbocycles. The lowest BCUT2D eigenvalue weighted by Crippen LogP contribution is -2.74. The zero-order valence-corrected chi connectivity index (χ0v) is 53.8. The van der Waals surface area contributed by atoms with Crippen molar-refractivity contribution in [3.05, 3.63) is 364 Å². The molecule has 0 aliphatic rings. The fourth-order valence-electron chi connectivity index (χ4n) is 15.6. The molecule has 0 unspecified atom stereocenters. The summed E-state index contributed by atoms with van der Waals surface area (Å²) >= 11 is 0. The van der Waals surface area contributed by atoms with Crippen LogP contribution in [0.5, 0.6) is 0 Å². The molecule has 0 radical (unpaired) electrons. The Bertz CT molecular complexity index is 5760. The highest BCUT2D eigenvalue weighted by Crippen LogP contribution is 2.42. The Morgan fingerprint density at radius 1 is 0.211 bits per heavy atom. The third-order valence-corrected chi connectivity index (χ3v) is 29.1. The van der Waals surface area contributed by atoms with Crippen LogP contribution < -0.4 is 41.5 Å². The summed E-state index contributed by atoms with van der Waals surface area (Å²) in [7, 11) is -6.22. The number of hydrogen-bond donors (Lipinski definition) is 0. The largest absolute Gasteiger partial charge is 0.309 e. The average Bonchev–Trinajstić information content (AvgIpc) is 1.59. The second kappa shape index (κ2) is 22.9. The third-order valence-electron chi connectivity index (χ3n) is 19.6. The predicted molar refractivity (Wildman–Crippen MR) is 401 cm³/mol. The Morgan fingerprint density at radius 3 is 1.13 bits per heavy atom. The van der Waals surface area contributed by atoms with E-state index < -0.39 is 16.1 Å². The molecule has 8 heteroatoms. The zero-order valence-electron chi connectivity index (χ0n) is 51.8. The van der Waals surface area contributed by atoms with E-state index in [0.717, 1.165) is 76.7 Å². The van der Waals surface area contributed by atoms with E-state index in [1.165, 1.54) is 52.6 Å². The zero-order chi connectivity index (χ0) is 62.9. The second-order valence-corrected chi connectivity index (χ2v) is 32.2. The topological polar surface area (TPSA) is 53.5 Å². The van der Waals surface area contributed by atoms with Crippen LogP contribution >= 0.6 is 0 Å². The summed E-state index contributed by atoms with van der Waals surface area (Å²) in [6.45, 7) is 0. The van der Waals surface area contributed by atoms with E-state index in [2.05, 4.69) is 378 Å². The Morgan fingerprint density at radius 2 is 0.579 bits per heavy atom. The van der Waals surface area contributed by atoms with Crippen LogP contribution in [0, 0.1) is 0 Å². The smallest absolute Gasteiger partial charge is 0.240 e. The highest BCUT2D eigenvalue weighted by Gasteiger charge is 2.43. The van der Waals surface area contributed by atoms with Crippen molar-refractivity contribution in [1.29, 1.82) is 0 Å². The van der Waals surface area contributed by atoms with Crippen LogP contribution in [-0.4, -0.2) is 44.8 Å². The quantitative estimate of drug-likeness (QED) is 0.0854. The van der Waals surface area contributed by atoms with Crippen molar-refractivity contribution in [2.24, 2.45) is 0 Å². The van der Waals surface area contributed by atoms with Crippen molar-refractivity contribution < 1.29 is 0 Å². The molecular weight excluding hydrogens is 1190 g/mol. The van der Waals surface area contributed by atoms with E-state index in [9.17, 15) is 0 Å². The minimum Gasteiger partial charge on any atom is -0.309 e. The highest BCUT2D eigenvalue weighted by molar-refractivity contribution is 7.20. The maximum absolute atomic E-state index is 5.93. The monoisotopic (exact) mass is 1240 g/mol. The van der Waals surface area contributed by atoms with Crippen LogP contribution in [0.15, 0.2) is 364 Å². The molecule has 4 heterocycles. The minimum absolute atomic E-state index is 0.513. The van der Waals surface area contributed by atoms with E-state index in [4.69, 9.17) is 15.0 Å². The summed E-state index contributed by atoms with van der Waals surface area (Å²) in [6, 6.07) is 134. The van der Waals surface area contributed by atoms with Crippen molar-refractivity contribution in [2.75, 3.05) is 0 Å². The van der Waals surface area contributed by atoms with E-state index in [-0.39, 0.29) is 0 Å². The van der Waals surface area contributed by atoms with Gasteiger partial charge in [0.1, 0.15) is 0 Å². The molecule has 0 saturated heterocycles. The van der Waals surface area contributed by atoms with Gasteiger partial charge >= 0.3 is 0 Å². The van der Waals surface area contributed by atoms with Crippen LogP contribution in [0.4, 0.5) is 0 Å². The van der Waals surface area contributed by atoms with Crippen LogP contribution in [0.1, 0.15) is 0 Å². The van der Waals surface area contributed by atoms with Gasteiger partial charge in [-0.25, -0.2) is 0 Å². The molecule has 0 N–H and O–H groups in total. The first-order chi connectivity index (χ1) is 47.1. The third kappa shape index (κ3) is 8.87. The molecule has 18 rings (SSSR count). The maximum Gasteiger partial charge on any atom is 0.240 e. The molecule has 6 nitrogen and oxygen atoms in total. The number of hydrogen-bond acceptors (Lipinski definition) is 3. The van der Waals surface area contributed by atoms with Gasteiger partial charge in [-0.2, -0.15) is 15.0 Å². The summed E-state index contributed by atoms with van der Waals surface area (Å²) in [5, 5.41) is 16.9. The molecule has 0 aliphatic heterocycles. The summed E-state index contributed by atoms with van der Waals surface area (Å²) in [5.74, 6) is 1.59. The van der Waals surface area contributed by atoms with Gasteiger partial charge in [-0.15, -0.1) is 0 Å². The molecule has 95 heavy (non-hydrogen) atoms. The molecule has 0 spiro atoms. The SMILES string of the molecule is c1ccc(-c2cccc([Si](c3ccccc3)(c3ccccc3)c3cccc(-c4nc(-n5c6ccccc6c6ccc([Si](c7ccccc7)(c7ccccc7)c7ccccc7)cc65)nc(-n5c6ccccc6c6ccc7c(c8ccccc8n7-c7ccccc7)c65)n4)c3)c2)cc1. The number of rotatable bonds is 13. The van der Waals surface area contributed by atoms with Crippen molar-refractivity contribution in [2.45, 2.75) is 0 Å². The first-order valence-corrected chi connectivity index (χ1v) is 36.5. The molecule has 4 aromatic heterocycles. The van der Waals surface area contributed by atoms with Gasteiger partial charge in [-0.1, -0.05) is 322 Å². The van der Waals surface area contributed by atoms with E-state index in [1.54, 1.807) is 0 Å². The van der Waals surface area contributed by atoms with Crippen molar-refractivity contribution in [3.63, 3.8) is 0 Å². The van der Waals surface area contributed by atoms with E-state index in [1.807, 2.05) is 0 Å². The summed E-state index contributed by atoms with van der Waals surface area (Å²) in [6.07, 6.45) is 0. The van der Waals surface area contributed by atoms with Gasteiger partial charge in [0.2, 0.25) is 11.9 Å². The van der Waals surface area contributed by atoms with Crippen molar-refractivity contribution >= 4 is 123 Å². The summed E-state index contributed by atoms with van der Waals surface area (Å²) < 4.78 is 7.04. The fraction of sp³-hybridized carbons (Fsp3) is 0. The molecule has 0 bridgehead atoms. The Kier molecular flexibility index (Phi) is 13.5. The molecule has 0 atom stereocenters. The number of nitrogens with zero attached hydrogens (tertiary/aromatic N) is 6. The van der Waals surface area contributed by atoms with Crippen LogP contribution in [-0.2, 0) is 0 Å². The van der Waals surface area contributed by atoms with Gasteiger partial charge in [-0.05, 0) is 95.1 Å². The van der Waals surface area contributed by atoms with Gasteiger partial charge in [-0.3, -0.25) is 9.13 Å². The normalized spacial score (nSPS) is 12.0. The number of fused-ring (bicyclic) bond motifs is 10. The Balaban J connectivity index is 0.960. The lowest BCUT2D eigenvalue weighted by molar-refractivity contribution is 0.894.